The van der Waals surface area contributed by atoms with E-state index in [0.29, 0.717) is 12.3 Å². The molecule has 0 aliphatic heterocycles. The van der Waals surface area contributed by atoms with Crippen LogP contribution in [0.25, 0.3) is 0 Å². The van der Waals surface area contributed by atoms with E-state index in [1.807, 2.05) is 6.92 Å². The number of nitrogens with zero attached hydrogens (tertiary/aromatic N) is 3. The molecule has 22 heavy (non-hydrogen) atoms. The molecule has 1 aliphatic rings. The highest BCUT2D eigenvalue weighted by Gasteiger charge is 2.47. The minimum absolute atomic E-state index is 0.00527. The van der Waals surface area contributed by atoms with Crippen molar-refractivity contribution in [3.8, 4) is 0 Å². The van der Waals surface area contributed by atoms with Crippen molar-refractivity contribution in [1.82, 2.24) is 0 Å². The Labute approximate surface area is 132 Å². The van der Waals surface area contributed by atoms with E-state index >= 15 is 0 Å². The van der Waals surface area contributed by atoms with Crippen molar-refractivity contribution in [3.63, 3.8) is 0 Å². The summed E-state index contributed by atoms with van der Waals surface area (Å²) in [7, 11) is 0. The normalized spacial score (nSPS) is 29.9. The van der Waals surface area contributed by atoms with Gasteiger partial charge in [-0.3, -0.25) is 4.99 Å². The van der Waals surface area contributed by atoms with Crippen LogP contribution >= 0.6 is 0 Å². The van der Waals surface area contributed by atoms with Crippen molar-refractivity contribution in [2.45, 2.75) is 58.2 Å². The van der Waals surface area contributed by atoms with Crippen LogP contribution in [0.5, 0.6) is 0 Å². The Morgan fingerprint density at radius 3 is 2.45 bits per heavy atom. The highest BCUT2D eigenvalue weighted by molar-refractivity contribution is 5.76. The topological polar surface area (TPSA) is 126 Å². The van der Waals surface area contributed by atoms with Crippen LogP contribution < -0.4 is 11.5 Å². The first-order valence-electron chi connectivity index (χ1n) is 8.03. The molecule has 0 amide bonds. The maximum Gasteiger partial charge on any atom is 0.186 e. The number of hydrogen-bond donors (Lipinski definition) is 3. The van der Waals surface area contributed by atoms with E-state index in [4.69, 9.17) is 11.5 Å². The maximum atomic E-state index is 10.7. The summed E-state index contributed by atoms with van der Waals surface area (Å²) in [5.74, 6) is -0.0457. The van der Waals surface area contributed by atoms with Crippen LogP contribution in [0, 0.1) is 22.7 Å². The molecular weight excluding hydrogens is 282 g/mol. The molecule has 0 heterocycles. The van der Waals surface area contributed by atoms with Gasteiger partial charge in [-0.25, -0.2) is 4.99 Å². The molecule has 1 saturated carbocycles. The summed E-state index contributed by atoms with van der Waals surface area (Å²) >= 11 is 0. The van der Waals surface area contributed by atoms with Crippen molar-refractivity contribution in [3.05, 3.63) is 4.91 Å². The van der Waals surface area contributed by atoms with Crippen LogP contribution in [0.15, 0.2) is 15.2 Å². The summed E-state index contributed by atoms with van der Waals surface area (Å²) in [6, 6.07) is -0.277. The Morgan fingerprint density at radius 2 is 2.00 bits per heavy atom. The van der Waals surface area contributed by atoms with Gasteiger partial charge in [0.15, 0.2) is 5.96 Å². The molecule has 1 unspecified atom stereocenters. The van der Waals surface area contributed by atoms with Gasteiger partial charge in [0.05, 0.1) is 24.7 Å². The standard InChI is InChI=1S/C15H29N5O2/c1-4-9(5-2)13(18-6-3)12-11(20-15(16)17)7-10(8-19-22)14(12)21/h6,9-14,21H,4-5,7-8H2,1-3H3,(H4,16,17,20)/t10-,11-,12-,13?,14-/m1/s1. The number of rotatable bonds is 8. The first-order chi connectivity index (χ1) is 10.5. The monoisotopic (exact) mass is 311 g/mol. The molecule has 5 atom stereocenters. The van der Waals surface area contributed by atoms with E-state index in [1.54, 1.807) is 6.21 Å². The Balaban J connectivity index is 3.15. The number of nitroso groups, excluding NO2 is 1. The first-order valence-corrected chi connectivity index (χ1v) is 8.03. The average Bonchev–Trinajstić information content (AvgIpc) is 2.75. The third kappa shape index (κ3) is 4.25. The maximum absolute atomic E-state index is 10.7. The second-order valence-electron chi connectivity index (χ2n) is 5.97. The molecule has 7 nitrogen and oxygen atoms in total. The van der Waals surface area contributed by atoms with Crippen molar-refractivity contribution in [2.24, 2.45) is 44.4 Å². The van der Waals surface area contributed by atoms with Gasteiger partial charge in [0, 0.05) is 11.8 Å². The van der Waals surface area contributed by atoms with Crippen molar-refractivity contribution >= 4 is 12.2 Å². The van der Waals surface area contributed by atoms with E-state index in [2.05, 4.69) is 29.0 Å². The molecule has 0 saturated heterocycles. The van der Waals surface area contributed by atoms with Gasteiger partial charge in [-0.1, -0.05) is 31.9 Å². The molecule has 0 aromatic carbocycles. The molecule has 0 aromatic rings. The predicted molar refractivity (Wildman–Crippen MR) is 89.9 cm³/mol. The SMILES string of the molecule is CC=NC(C(CC)CC)[C@@H]1[C@H](O)[C@@H](CN=O)C[C@H]1N=C(N)N. The summed E-state index contributed by atoms with van der Waals surface area (Å²) in [6.45, 7) is 6.19. The van der Waals surface area contributed by atoms with E-state index in [-0.39, 0.29) is 36.4 Å². The zero-order valence-corrected chi connectivity index (χ0v) is 13.7. The molecule has 0 radical (unpaired) electrons. The Morgan fingerprint density at radius 1 is 1.36 bits per heavy atom. The van der Waals surface area contributed by atoms with Crippen LogP contribution in [-0.4, -0.2) is 42.0 Å². The van der Waals surface area contributed by atoms with Crippen LogP contribution in [0.2, 0.25) is 0 Å². The van der Waals surface area contributed by atoms with E-state index in [9.17, 15) is 10.0 Å². The number of nitrogens with two attached hydrogens (primary N) is 2. The molecule has 1 aliphatic carbocycles. The number of aliphatic hydroxyl groups excluding tert-OH is 1. The molecule has 5 N–H and O–H groups in total. The molecule has 1 fully saturated rings. The molecule has 7 heteroatoms. The molecule has 0 aromatic heterocycles. The smallest absolute Gasteiger partial charge is 0.186 e. The van der Waals surface area contributed by atoms with Gasteiger partial charge in [0.25, 0.3) is 0 Å². The fraction of sp³-hybridized carbons (Fsp3) is 0.867. The number of aliphatic imine (C=N–C) groups is 2. The second-order valence-corrected chi connectivity index (χ2v) is 5.97. The lowest BCUT2D eigenvalue weighted by molar-refractivity contribution is 0.0679. The third-order valence-corrected chi connectivity index (χ3v) is 4.74. The highest BCUT2D eigenvalue weighted by Crippen LogP contribution is 2.40. The lowest BCUT2D eigenvalue weighted by Gasteiger charge is -2.32. The van der Waals surface area contributed by atoms with Gasteiger partial charge in [0.1, 0.15) is 0 Å². The van der Waals surface area contributed by atoms with Crippen molar-refractivity contribution < 1.29 is 5.11 Å². The Bertz CT molecular complexity index is 405. The van der Waals surface area contributed by atoms with Crippen molar-refractivity contribution in [2.75, 3.05) is 6.54 Å². The lowest BCUT2D eigenvalue weighted by atomic mass is 9.81. The van der Waals surface area contributed by atoms with Gasteiger partial charge in [-0.05, 0) is 25.5 Å². The Kier molecular flexibility index (Phi) is 7.44. The Hall–Kier alpha value is -1.50. The van der Waals surface area contributed by atoms with Crippen molar-refractivity contribution in [1.29, 1.82) is 0 Å². The first kappa shape index (κ1) is 18.5. The van der Waals surface area contributed by atoms with Gasteiger partial charge in [0.2, 0.25) is 0 Å². The minimum atomic E-state index is -0.667. The molecule has 0 bridgehead atoms. The fourth-order valence-corrected chi connectivity index (χ4v) is 3.67. The summed E-state index contributed by atoms with van der Waals surface area (Å²) < 4.78 is 0. The highest BCUT2D eigenvalue weighted by atomic mass is 16.3. The molecule has 0 spiro atoms. The number of hydrogen-bond acceptors (Lipinski definition) is 5. The quantitative estimate of drug-likeness (QED) is 0.354. The average molecular weight is 311 g/mol. The zero-order valence-electron chi connectivity index (χ0n) is 13.7. The van der Waals surface area contributed by atoms with Crippen LogP contribution in [0.3, 0.4) is 0 Å². The van der Waals surface area contributed by atoms with Gasteiger partial charge < -0.3 is 16.6 Å². The van der Waals surface area contributed by atoms with Crippen LogP contribution in [0.4, 0.5) is 0 Å². The molecular formula is C15H29N5O2. The second kappa shape index (κ2) is 8.82. The fourth-order valence-electron chi connectivity index (χ4n) is 3.67. The summed E-state index contributed by atoms with van der Waals surface area (Å²) in [5, 5.41) is 13.6. The molecule has 1 rings (SSSR count). The summed E-state index contributed by atoms with van der Waals surface area (Å²) in [5.41, 5.74) is 11.1. The predicted octanol–water partition coefficient (Wildman–Crippen LogP) is 1.29. The van der Waals surface area contributed by atoms with Gasteiger partial charge >= 0.3 is 0 Å². The largest absolute Gasteiger partial charge is 0.392 e. The van der Waals surface area contributed by atoms with Crippen LogP contribution in [-0.2, 0) is 0 Å². The third-order valence-electron chi connectivity index (χ3n) is 4.74. The number of guanidine groups is 1. The van der Waals surface area contributed by atoms with Crippen LogP contribution in [0.1, 0.15) is 40.0 Å². The summed E-state index contributed by atoms with van der Waals surface area (Å²) in [4.78, 5) is 19.5. The van der Waals surface area contributed by atoms with Gasteiger partial charge in [-0.2, -0.15) is 4.91 Å². The van der Waals surface area contributed by atoms with E-state index < -0.39 is 6.10 Å². The summed E-state index contributed by atoms with van der Waals surface area (Å²) in [6.07, 6.45) is 3.60. The number of aliphatic hydroxyl groups is 1. The zero-order chi connectivity index (χ0) is 16.7. The lowest BCUT2D eigenvalue weighted by Crippen LogP contribution is -2.40. The molecule has 126 valence electrons. The van der Waals surface area contributed by atoms with E-state index in [1.165, 1.54) is 0 Å². The van der Waals surface area contributed by atoms with E-state index in [0.717, 1.165) is 12.8 Å². The minimum Gasteiger partial charge on any atom is -0.392 e. The van der Waals surface area contributed by atoms with Gasteiger partial charge in [-0.15, -0.1) is 0 Å².